The van der Waals surface area contributed by atoms with E-state index < -0.39 is 0 Å². The highest BCUT2D eigenvalue weighted by molar-refractivity contribution is 6.73. The van der Waals surface area contributed by atoms with Crippen molar-refractivity contribution in [3.8, 4) is 0 Å². The van der Waals surface area contributed by atoms with Crippen molar-refractivity contribution in [3.05, 3.63) is 0 Å². The second kappa shape index (κ2) is 3.79. The Kier molecular flexibility index (Phi) is 3.69. The molecule has 0 aliphatic rings. The fourth-order valence-corrected chi connectivity index (χ4v) is 1.24. The van der Waals surface area contributed by atoms with Crippen molar-refractivity contribution in [1.29, 1.82) is 0 Å². The maximum Gasteiger partial charge on any atom is 0.202 e. The highest BCUT2D eigenvalue weighted by Crippen LogP contribution is 2.22. The van der Waals surface area contributed by atoms with Gasteiger partial charge in [0.1, 0.15) is 0 Å². The van der Waals surface area contributed by atoms with Crippen LogP contribution in [0.3, 0.4) is 0 Å². The van der Waals surface area contributed by atoms with Crippen LogP contribution >= 0.6 is 0 Å². The molecule has 1 nitrogen and oxygen atoms in total. The van der Waals surface area contributed by atoms with Gasteiger partial charge in [-0.1, -0.05) is 34.0 Å². The number of hydrogen-bond donors (Lipinski definition) is 0. The standard InChI is InChI=1S/C8H17BO/c1-5-6-8(2,3)7(10)9-4/h9H,5-6H2,1-4H3. The Morgan fingerprint density at radius 2 is 2.00 bits per heavy atom. The Morgan fingerprint density at radius 1 is 1.50 bits per heavy atom. The van der Waals surface area contributed by atoms with Gasteiger partial charge in [-0.2, -0.15) is 0 Å². The van der Waals surface area contributed by atoms with Gasteiger partial charge in [0.05, 0.1) is 5.68 Å². The van der Waals surface area contributed by atoms with E-state index in [1.165, 1.54) is 0 Å². The number of carbonyl (C=O) groups is 1. The van der Waals surface area contributed by atoms with Gasteiger partial charge in [-0.05, 0) is 6.42 Å². The normalized spacial score (nSPS) is 11.2. The number of hydrogen-bond acceptors (Lipinski definition) is 1. The van der Waals surface area contributed by atoms with Gasteiger partial charge in [0.25, 0.3) is 0 Å². The van der Waals surface area contributed by atoms with E-state index in [2.05, 4.69) is 6.92 Å². The van der Waals surface area contributed by atoms with Crippen LogP contribution in [0.1, 0.15) is 33.6 Å². The molecule has 2 heteroatoms. The summed E-state index contributed by atoms with van der Waals surface area (Å²) in [5, 5.41) is 0. The van der Waals surface area contributed by atoms with E-state index in [9.17, 15) is 4.79 Å². The van der Waals surface area contributed by atoms with Crippen LogP contribution in [0.2, 0.25) is 6.82 Å². The molecule has 0 unspecified atom stereocenters. The first-order valence-corrected chi connectivity index (χ1v) is 4.08. The Balaban J connectivity index is 3.96. The molecule has 0 rings (SSSR count). The molecular formula is C8H17BO. The molecule has 0 radical (unpaired) electrons. The lowest BCUT2D eigenvalue weighted by Gasteiger charge is -2.21. The van der Waals surface area contributed by atoms with Crippen molar-refractivity contribution in [2.75, 3.05) is 0 Å². The van der Waals surface area contributed by atoms with Crippen molar-refractivity contribution in [3.63, 3.8) is 0 Å². The highest BCUT2D eigenvalue weighted by Gasteiger charge is 2.23. The molecule has 0 saturated carbocycles. The molecular weight excluding hydrogens is 123 g/mol. The predicted molar refractivity (Wildman–Crippen MR) is 46.7 cm³/mol. The molecule has 0 heterocycles. The van der Waals surface area contributed by atoms with Crippen LogP contribution in [0.25, 0.3) is 0 Å². The zero-order valence-electron chi connectivity index (χ0n) is 7.53. The van der Waals surface area contributed by atoms with Crippen molar-refractivity contribution in [2.45, 2.75) is 40.4 Å². The van der Waals surface area contributed by atoms with Crippen molar-refractivity contribution in [1.82, 2.24) is 0 Å². The Morgan fingerprint density at radius 3 is 2.30 bits per heavy atom. The van der Waals surface area contributed by atoms with Crippen LogP contribution in [0.4, 0.5) is 0 Å². The summed E-state index contributed by atoms with van der Waals surface area (Å²) in [6, 6.07) is 0. The van der Waals surface area contributed by atoms with Gasteiger partial charge >= 0.3 is 0 Å². The third kappa shape index (κ3) is 2.55. The Hall–Kier alpha value is -0.265. The largest absolute Gasteiger partial charge is 0.311 e. The second-order valence-electron chi connectivity index (χ2n) is 3.41. The molecule has 0 N–H and O–H groups in total. The van der Waals surface area contributed by atoms with E-state index in [0.717, 1.165) is 12.8 Å². The summed E-state index contributed by atoms with van der Waals surface area (Å²) in [4.78, 5) is 11.2. The molecule has 0 spiro atoms. The van der Waals surface area contributed by atoms with E-state index >= 15 is 0 Å². The molecule has 0 amide bonds. The maximum atomic E-state index is 11.2. The molecule has 0 saturated heterocycles. The fraction of sp³-hybridized carbons (Fsp3) is 0.875. The summed E-state index contributed by atoms with van der Waals surface area (Å²) in [6.45, 7) is 8.11. The summed E-state index contributed by atoms with van der Waals surface area (Å²) < 4.78 is 0. The molecule has 0 aromatic carbocycles. The Labute approximate surface area is 64.4 Å². The predicted octanol–water partition coefficient (Wildman–Crippen LogP) is 1.82. The number of carbonyl (C=O) groups excluding carboxylic acids is 1. The van der Waals surface area contributed by atoms with Crippen molar-refractivity contribution < 1.29 is 4.79 Å². The first kappa shape index (κ1) is 9.73. The maximum absolute atomic E-state index is 11.2. The molecule has 0 aliphatic heterocycles. The minimum atomic E-state index is -0.0799. The second-order valence-corrected chi connectivity index (χ2v) is 3.41. The van der Waals surface area contributed by atoms with Gasteiger partial charge in [0.2, 0.25) is 7.28 Å². The zero-order chi connectivity index (χ0) is 8.20. The fourth-order valence-electron chi connectivity index (χ4n) is 1.24. The van der Waals surface area contributed by atoms with Crippen LogP contribution in [-0.2, 0) is 4.79 Å². The first-order valence-electron chi connectivity index (χ1n) is 4.08. The van der Waals surface area contributed by atoms with Crippen LogP contribution in [0, 0.1) is 5.41 Å². The average Bonchev–Trinajstić information content (AvgIpc) is 1.86. The summed E-state index contributed by atoms with van der Waals surface area (Å²) >= 11 is 0. The summed E-state index contributed by atoms with van der Waals surface area (Å²) in [7, 11) is 0.674. The molecule has 10 heavy (non-hydrogen) atoms. The van der Waals surface area contributed by atoms with E-state index in [1.54, 1.807) is 0 Å². The first-order chi connectivity index (χ1) is 4.54. The summed E-state index contributed by atoms with van der Waals surface area (Å²) in [5.41, 5.74) is 0.304. The van der Waals surface area contributed by atoms with E-state index in [4.69, 9.17) is 0 Å². The zero-order valence-corrected chi connectivity index (χ0v) is 7.53. The summed E-state index contributed by atoms with van der Waals surface area (Å²) in [6.07, 6.45) is 2.11. The third-order valence-electron chi connectivity index (χ3n) is 1.95. The number of rotatable bonds is 4. The molecule has 0 aliphatic carbocycles. The van der Waals surface area contributed by atoms with Crippen LogP contribution in [0.15, 0.2) is 0 Å². The van der Waals surface area contributed by atoms with Gasteiger partial charge in [-0.3, -0.25) is 0 Å². The van der Waals surface area contributed by atoms with Crippen molar-refractivity contribution >= 4 is 13.0 Å². The van der Waals surface area contributed by atoms with Crippen LogP contribution in [-0.4, -0.2) is 13.0 Å². The van der Waals surface area contributed by atoms with Gasteiger partial charge in [0.15, 0.2) is 0 Å². The van der Waals surface area contributed by atoms with Crippen LogP contribution in [0.5, 0.6) is 0 Å². The lowest BCUT2D eigenvalue weighted by Crippen LogP contribution is -2.27. The molecule has 0 aromatic heterocycles. The summed E-state index contributed by atoms with van der Waals surface area (Å²) in [5.74, 6) is 0. The van der Waals surface area contributed by atoms with Gasteiger partial charge < -0.3 is 4.79 Å². The SMILES string of the molecule is CBC(=O)C(C)(C)CCC. The Bertz CT molecular complexity index is 118. The molecule has 58 valence electrons. The van der Waals surface area contributed by atoms with Crippen LogP contribution < -0.4 is 0 Å². The minimum Gasteiger partial charge on any atom is -0.311 e. The topological polar surface area (TPSA) is 17.1 Å². The smallest absolute Gasteiger partial charge is 0.202 e. The molecule has 0 bridgehead atoms. The van der Waals surface area contributed by atoms with Gasteiger partial charge in [-0.25, -0.2) is 0 Å². The van der Waals surface area contributed by atoms with Crippen molar-refractivity contribution in [2.24, 2.45) is 5.41 Å². The van der Waals surface area contributed by atoms with Gasteiger partial charge in [0, 0.05) is 5.41 Å². The molecule has 0 aromatic rings. The molecule has 0 fully saturated rings. The lowest BCUT2D eigenvalue weighted by atomic mass is 9.63. The van der Waals surface area contributed by atoms with Gasteiger partial charge in [-0.15, -0.1) is 0 Å². The average molecular weight is 140 g/mol. The highest BCUT2D eigenvalue weighted by atomic mass is 16.1. The van der Waals surface area contributed by atoms with E-state index in [-0.39, 0.29) is 5.41 Å². The lowest BCUT2D eigenvalue weighted by molar-refractivity contribution is -0.119. The monoisotopic (exact) mass is 140 g/mol. The van der Waals surface area contributed by atoms with E-state index in [1.807, 2.05) is 20.7 Å². The quantitative estimate of drug-likeness (QED) is 0.544. The molecule has 0 atom stereocenters. The van der Waals surface area contributed by atoms with E-state index in [0.29, 0.717) is 13.0 Å². The third-order valence-corrected chi connectivity index (χ3v) is 1.95. The minimum absolute atomic E-state index is 0.0799.